The molecule has 0 unspecified atom stereocenters. The van der Waals surface area contributed by atoms with Gasteiger partial charge in [-0.25, -0.2) is 0 Å². The van der Waals surface area contributed by atoms with Gasteiger partial charge in [0.2, 0.25) is 5.91 Å². The Hall–Kier alpha value is -0.570. The van der Waals surface area contributed by atoms with Gasteiger partial charge < -0.3 is 10.2 Å². The molecule has 0 radical (unpaired) electrons. The molecule has 0 aliphatic carbocycles. The predicted molar refractivity (Wildman–Crippen MR) is 48.9 cm³/mol. The van der Waals surface area contributed by atoms with E-state index in [4.69, 9.17) is 0 Å². The Morgan fingerprint density at radius 1 is 1.50 bits per heavy atom. The second-order valence-corrected chi connectivity index (χ2v) is 4.35. The molecule has 0 saturated carbocycles. The van der Waals surface area contributed by atoms with Crippen LogP contribution in [0.5, 0.6) is 0 Å². The highest BCUT2D eigenvalue weighted by molar-refractivity contribution is 5.79. The highest BCUT2D eigenvalue weighted by Crippen LogP contribution is 2.13. The summed E-state index contributed by atoms with van der Waals surface area (Å²) in [4.78, 5) is 13.3. The third-order valence-electron chi connectivity index (χ3n) is 2.23. The zero-order valence-electron chi connectivity index (χ0n) is 8.35. The average Bonchev–Trinajstić information content (AvgIpc) is 1.94. The van der Waals surface area contributed by atoms with E-state index in [2.05, 4.69) is 33.0 Å². The number of nitrogens with one attached hydrogen (secondary N) is 1. The molecule has 1 rings (SSSR count). The third-order valence-corrected chi connectivity index (χ3v) is 2.23. The molecule has 1 amide bonds. The summed E-state index contributed by atoms with van der Waals surface area (Å²) in [5, 5.41) is 3.20. The molecule has 1 fully saturated rings. The highest BCUT2D eigenvalue weighted by atomic mass is 16.2. The van der Waals surface area contributed by atoms with Crippen LogP contribution in [0.3, 0.4) is 0 Å². The molecule has 3 heteroatoms. The van der Waals surface area contributed by atoms with Crippen molar-refractivity contribution in [2.24, 2.45) is 0 Å². The van der Waals surface area contributed by atoms with Gasteiger partial charge in [0.05, 0.1) is 6.54 Å². The quantitative estimate of drug-likeness (QED) is 0.625. The van der Waals surface area contributed by atoms with Crippen molar-refractivity contribution in [2.45, 2.75) is 39.3 Å². The summed E-state index contributed by atoms with van der Waals surface area (Å²) in [7, 11) is 0. The molecule has 70 valence electrons. The number of carbonyl (C=O) groups is 1. The third kappa shape index (κ3) is 1.97. The van der Waals surface area contributed by atoms with E-state index in [0.29, 0.717) is 12.6 Å². The molecule has 3 nitrogen and oxygen atoms in total. The number of amides is 1. The van der Waals surface area contributed by atoms with Crippen molar-refractivity contribution in [2.75, 3.05) is 13.1 Å². The molecule has 0 spiro atoms. The van der Waals surface area contributed by atoms with Gasteiger partial charge in [0.25, 0.3) is 0 Å². The maximum absolute atomic E-state index is 11.4. The van der Waals surface area contributed by atoms with Crippen LogP contribution in [-0.4, -0.2) is 35.5 Å². The molecule has 1 saturated heterocycles. The number of rotatable bonds is 1. The first-order chi connectivity index (χ1) is 5.42. The van der Waals surface area contributed by atoms with E-state index in [-0.39, 0.29) is 11.4 Å². The van der Waals surface area contributed by atoms with E-state index in [1.807, 2.05) is 4.90 Å². The van der Waals surface area contributed by atoms with E-state index < -0.39 is 0 Å². The van der Waals surface area contributed by atoms with Crippen molar-refractivity contribution in [3.63, 3.8) is 0 Å². The maximum atomic E-state index is 11.4. The van der Waals surface area contributed by atoms with Crippen LogP contribution in [0, 0.1) is 0 Å². The molecule has 1 N–H and O–H groups in total. The van der Waals surface area contributed by atoms with Gasteiger partial charge in [-0.15, -0.1) is 0 Å². The van der Waals surface area contributed by atoms with Crippen LogP contribution >= 0.6 is 0 Å². The van der Waals surface area contributed by atoms with Crippen molar-refractivity contribution in [1.82, 2.24) is 10.2 Å². The Kier molecular flexibility index (Phi) is 2.42. The van der Waals surface area contributed by atoms with E-state index in [1.165, 1.54) is 0 Å². The number of piperazine rings is 1. The van der Waals surface area contributed by atoms with E-state index in [1.54, 1.807) is 0 Å². The fourth-order valence-corrected chi connectivity index (χ4v) is 1.46. The molecule has 12 heavy (non-hydrogen) atoms. The molecule has 0 aromatic carbocycles. The van der Waals surface area contributed by atoms with Crippen molar-refractivity contribution in [3.8, 4) is 0 Å². The van der Waals surface area contributed by atoms with Crippen LogP contribution in [0.2, 0.25) is 0 Å². The Labute approximate surface area is 74.1 Å². The summed E-state index contributed by atoms with van der Waals surface area (Å²) >= 11 is 0. The average molecular weight is 170 g/mol. The number of nitrogens with zero attached hydrogens (tertiary/aromatic N) is 1. The summed E-state index contributed by atoms with van der Waals surface area (Å²) in [5.41, 5.74) is 0.0676. The minimum Gasteiger partial charge on any atom is -0.337 e. The van der Waals surface area contributed by atoms with Crippen LogP contribution in [-0.2, 0) is 4.79 Å². The predicted octanol–water partition coefficient (Wildman–Crippen LogP) is 0.605. The Bertz CT molecular complexity index is 187. The van der Waals surface area contributed by atoms with Gasteiger partial charge >= 0.3 is 0 Å². The summed E-state index contributed by atoms with van der Waals surface area (Å²) in [6, 6.07) is 0.318. The smallest absolute Gasteiger partial charge is 0.236 e. The van der Waals surface area contributed by atoms with Crippen LogP contribution in [0.1, 0.15) is 27.7 Å². The molecular formula is C9H18N2O. The van der Waals surface area contributed by atoms with Crippen LogP contribution in [0.4, 0.5) is 0 Å². The maximum Gasteiger partial charge on any atom is 0.236 e. The van der Waals surface area contributed by atoms with Gasteiger partial charge in [-0.2, -0.15) is 0 Å². The first-order valence-electron chi connectivity index (χ1n) is 4.47. The van der Waals surface area contributed by atoms with E-state index >= 15 is 0 Å². The monoisotopic (exact) mass is 170 g/mol. The molecule has 1 heterocycles. The largest absolute Gasteiger partial charge is 0.337 e. The molecular weight excluding hydrogens is 152 g/mol. The zero-order chi connectivity index (χ0) is 9.35. The summed E-state index contributed by atoms with van der Waals surface area (Å²) in [5.74, 6) is 0.212. The van der Waals surface area contributed by atoms with E-state index in [0.717, 1.165) is 6.54 Å². The molecule has 0 bridgehead atoms. The lowest BCUT2D eigenvalue weighted by Crippen LogP contribution is -2.61. The lowest BCUT2D eigenvalue weighted by molar-refractivity contribution is -0.136. The van der Waals surface area contributed by atoms with Crippen molar-refractivity contribution >= 4 is 5.91 Å². The van der Waals surface area contributed by atoms with Gasteiger partial charge in [-0.05, 0) is 27.7 Å². The number of hydrogen-bond donors (Lipinski definition) is 1. The highest BCUT2D eigenvalue weighted by Gasteiger charge is 2.31. The summed E-state index contributed by atoms with van der Waals surface area (Å²) in [6.07, 6.45) is 0. The Morgan fingerprint density at radius 3 is 2.50 bits per heavy atom. The van der Waals surface area contributed by atoms with Crippen molar-refractivity contribution in [3.05, 3.63) is 0 Å². The Balaban J connectivity index is 2.66. The molecule has 1 aliphatic heterocycles. The lowest BCUT2D eigenvalue weighted by Gasteiger charge is -2.40. The standard InChI is InChI=1S/C9H18N2O/c1-7(2)11-6-9(3,4)10-5-8(11)12/h7,10H,5-6H2,1-4H3. The molecule has 0 atom stereocenters. The number of carbonyl (C=O) groups excluding carboxylic acids is 1. The van der Waals surface area contributed by atoms with Gasteiger partial charge in [-0.3, -0.25) is 4.79 Å². The lowest BCUT2D eigenvalue weighted by atomic mass is 10.0. The van der Waals surface area contributed by atoms with Crippen LogP contribution in [0.15, 0.2) is 0 Å². The second-order valence-electron chi connectivity index (χ2n) is 4.35. The van der Waals surface area contributed by atoms with Crippen molar-refractivity contribution < 1.29 is 4.79 Å². The molecule has 0 aromatic rings. The summed E-state index contributed by atoms with van der Waals surface area (Å²) < 4.78 is 0. The molecule has 1 aliphatic rings. The second kappa shape index (κ2) is 3.05. The normalized spacial score (nSPS) is 23.4. The van der Waals surface area contributed by atoms with Crippen LogP contribution < -0.4 is 5.32 Å². The zero-order valence-corrected chi connectivity index (χ0v) is 8.35. The van der Waals surface area contributed by atoms with Crippen LogP contribution in [0.25, 0.3) is 0 Å². The van der Waals surface area contributed by atoms with Gasteiger partial charge in [0.15, 0.2) is 0 Å². The van der Waals surface area contributed by atoms with Gasteiger partial charge in [-0.1, -0.05) is 0 Å². The van der Waals surface area contributed by atoms with E-state index in [9.17, 15) is 4.79 Å². The topological polar surface area (TPSA) is 32.3 Å². The number of hydrogen-bond acceptors (Lipinski definition) is 2. The minimum absolute atomic E-state index is 0.0676. The fourth-order valence-electron chi connectivity index (χ4n) is 1.46. The van der Waals surface area contributed by atoms with Gasteiger partial charge in [0.1, 0.15) is 0 Å². The van der Waals surface area contributed by atoms with Gasteiger partial charge in [0, 0.05) is 18.1 Å². The Morgan fingerprint density at radius 2 is 2.08 bits per heavy atom. The minimum atomic E-state index is 0.0676. The molecule has 0 aromatic heterocycles. The van der Waals surface area contributed by atoms with Crippen molar-refractivity contribution in [1.29, 1.82) is 0 Å². The first-order valence-corrected chi connectivity index (χ1v) is 4.47. The summed E-state index contributed by atoms with van der Waals surface area (Å²) in [6.45, 7) is 9.64. The fraction of sp³-hybridized carbons (Fsp3) is 0.889. The SMILES string of the molecule is CC(C)N1CC(C)(C)NCC1=O. The first kappa shape index (κ1) is 9.52.